The second-order valence-corrected chi connectivity index (χ2v) is 3.34. The van der Waals surface area contributed by atoms with Crippen LogP contribution >= 0.6 is 11.6 Å². The van der Waals surface area contributed by atoms with Gasteiger partial charge >= 0.3 is 0 Å². The smallest absolute Gasteiger partial charge is 0.0441 e. The lowest BCUT2D eigenvalue weighted by atomic mass is 10.1. The molecule has 1 nitrogen and oxygen atoms in total. The minimum atomic E-state index is 0.691. The fraction of sp³-hybridized carbons (Fsp3) is 0.273. The summed E-state index contributed by atoms with van der Waals surface area (Å²) in [6.07, 6.45) is 5.04. The van der Waals surface area contributed by atoms with Crippen LogP contribution in [-0.2, 0) is 0 Å². The zero-order valence-electron chi connectivity index (χ0n) is 7.76. The van der Waals surface area contributed by atoms with E-state index in [4.69, 9.17) is 17.3 Å². The monoisotopic (exact) mass is 195 g/mol. The van der Waals surface area contributed by atoms with Gasteiger partial charge in [-0.2, -0.15) is 0 Å². The van der Waals surface area contributed by atoms with Gasteiger partial charge in [0.05, 0.1) is 0 Å². The quantitative estimate of drug-likeness (QED) is 0.789. The van der Waals surface area contributed by atoms with E-state index in [1.165, 1.54) is 5.56 Å². The second-order valence-electron chi connectivity index (χ2n) is 2.93. The Labute approximate surface area is 84.2 Å². The lowest BCUT2D eigenvalue weighted by Gasteiger charge is -2.01. The molecule has 2 N–H and O–H groups in total. The van der Waals surface area contributed by atoms with Crippen molar-refractivity contribution < 1.29 is 0 Å². The van der Waals surface area contributed by atoms with Crippen molar-refractivity contribution in [2.24, 2.45) is 5.73 Å². The van der Waals surface area contributed by atoms with Gasteiger partial charge in [-0.1, -0.05) is 35.9 Å². The highest BCUT2D eigenvalue weighted by atomic mass is 35.5. The number of rotatable bonds is 3. The first-order valence-corrected chi connectivity index (χ1v) is 4.75. The molecule has 1 rings (SSSR count). The molecule has 0 aliphatic rings. The first-order valence-electron chi connectivity index (χ1n) is 4.37. The number of benzene rings is 1. The van der Waals surface area contributed by atoms with Crippen molar-refractivity contribution in [1.82, 2.24) is 0 Å². The fourth-order valence-electron chi connectivity index (χ4n) is 1.11. The maximum Gasteiger partial charge on any atom is 0.0441 e. The standard InChI is InChI=1S/C11H14ClN/c1-9-10(5-2-3-8-13)6-4-7-11(9)12/h2,4-7H,3,8,13H2,1H3. The third-order valence-corrected chi connectivity index (χ3v) is 2.35. The van der Waals surface area contributed by atoms with Gasteiger partial charge in [0.2, 0.25) is 0 Å². The maximum absolute atomic E-state index is 5.97. The molecule has 0 spiro atoms. The number of halogens is 1. The molecule has 1 aromatic carbocycles. The normalized spacial score (nSPS) is 11.0. The van der Waals surface area contributed by atoms with Crippen LogP contribution in [0, 0.1) is 6.92 Å². The third kappa shape index (κ3) is 2.87. The van der Waals surface area contributed by atoms with E-state index in [2.05, 4.69) is 12.2 Å². The van der Waals surface area contributed by atoms with Crippen molar-refractivity contribution >= 4 is 17.7 Å². The van der Waals surface area contributed by atoms with Gasteiger partial charge < -0.3 is 5.73 Å². The lowest BCUT2D eigenvalue weighted by Crippen LogP contribution is -1.95. The maximum atomic E-state index is 5.97. The summed E-state index contributed by atoms with van der Waals surface area (Å²) in [5, 5.41) is 0.815. The van der Waals surface area contributed by atoms with Gasteiger partial charge in [-0.3, -0.25) is 0 Å². The summed E-state index contributed by atoms with van der Waals surface area (Å²) in [6, 6.07) is 5.91. The molecule has 70 valence electrons. The van der Waals surface area contributed by atoms with Gasteiger partial charge in [0.1, 0.15) is 0 Å². The highest BCUT2D eigenvalue weighted by molar-refractivity contribution is 6.31. The predicted molar refractivity (Wildman–Crippen MR) is 58.9 cm³/mol. The van der Waals surface area contributed by atoms with Gasteiger partial charge in [-0.05, 0) is 37.1 Å². The van der Waals surface area contributed by atoms with E-state index in [9.17, 15) is 0 Å². The Balaban J connectivity index is 2.83. The minimum absolute atomic E-state index is 0.691. The Morgan fingerprint density at radius 2 is 2.23 bits per heavy atom. The van der Waals surface area contributed by atoms with E-state index < -0.39 is 0 Å². The van der Waals surface area contributed by atoms with E-state index in [0.717, 1.165) is 17.0 Å². The largest absolute Gasteiger partial charge is 0.330 e. The molecular weight excluding hydrogens is 182 g/mol. The lowest BCUT2D eigenvalue weighted by molar-refractivity contribution is 1.01. The number of hydrogen-bond acceptors (Lipinski definition) is 1. The molecule has 0 amide bonds. The van der Waals surface area contributed by atoms with Crippen molar-refractivity contribution in [1.29, 1.82) is 0 Å². The third-order valence-electron chi connectivity index (χ3n) is 1.94. The minimum Gasteiger partial charge on any atom is -0.330 e. The highest BCUT2D eigenvalue weighted by Gasteiger charge is 1.97. The topological polar surface area (TPSA) is 26.0 Å². The van der Waals surface area contributed by atoms with Crippen molar-refractivity contribution in [2.75, 3.05) is 6.54 Å². The Morgan fingerprint density at radius 1 is 1.46 bits per heavy atom. The van der Waals surface area contributed by atoms with Gasteiger partial charge in [-0.15, -0.1) is 0 Å². The molecule has 0 bridgehead atoms. The average Bonchev–Trinajstić information content (AvgIpc) is 2.13. The van der Waals surface area contributed by atoms with E-state index >= 15 is 0 Å². The molecule has 0 aliphatic heterocycles. The van der Waals surface area contributed by atoms with Gasteiger partial charge in [0.25, 0.3) is 0 Å². The Kier molecular flexibility index (Phi) is 4.00. The predicted octanol–water partition coefficient (Wildman–Crippen LogP) is 3.01. The summed E-state index contributed by atoms with van der Waals surface area (Å²) in [4.78, 5) is 0. The molecule has 2 heteroatoms. The SMILES string of the molecule is Cc1c(Cl)cccc1C=CCCN. The molecule has 0 fully saturated rings. The van der Waals surface area contributed by atoms with Crippen LogP contribution in [0.15, 0.2) is 24.3 Å². The summed E-state index contributed by atoms with van der Waals surface area (Å²) in [5.74, 6) is 0. The van der Waals surface area contributed by atoms with Crippen LogP contribution in [0.5, 0.6) is 0 Å². The summed E-state index contributed by atoms with van der Waals surface area (Å²) in [6.45, 7) is 2.71. The Bertz CT molecular complexity index is 305. The van der Waals surface area contributed by atoms with Crippen LogP contribution in [0.3, 0.4) is 0 Å². The van der Waals surface area contributed by atoms with Crippen LogP contribution in [0.1, 0.15) is 17.5 Å². The molecule has 0 aromatic heterocycles. The number of nitrogens with two attached hydrogens (primary N) is 1. The van der Waals surface area contributed by atoms with Crippen molar-refractivity contribution in [3.8, 4) is 0 Å². The molecule has 0 aliphatic carbocycles. The first-order chi connectivity index (χ1) is 6.25. The highest BCUT2D eigenvalue weighted by Crippen LogP contribution is 2.19. The van der Waals surface area contributed by atoms with Crippen molar-refractivity contribution in [2.45, 2.75) is 13.3 Å². The molecule has 0 saturated carbocycles. The second kappa shape index (κ2) is 5.05. The Hall–Kier alpha value is -0.790. The molecule has 1 aromatic rings. The van der Waals surface area contributed by atoms with Crippen LogP contribution in [0.25, 0.3) is 6.08 Å². The fourth-order valence-corrected chi connectivity index (χ4v) is 1.29. The Morgan fingerprint density at radius 3 is 2.92 bits per heavy atom. The molecule has 0 heterocycles. The summed E-state index contributed by atoms with van der Waals surface area (Å²) in [5.41, 5.74) is 7.67. The van der Waals surface area contributed by atoms with Gasteiger partial charge in [0, 0.05) is 5.02 Å². The van der Waals surface area contributed by atoms with Crippen molar-refractivity contribution in [3.05, 3.63) is 40.4 Å². The molecule has 0 saturated heterocycles. The van der Waals surface area contributed by atoms with Crippen LogP contribution in [0.4, 0.5) is 0 Å². The summed E-state index contributed by atoms with van der Waals surface area (Å²) < 4.78 is 0. The van der Waals surface area contributed by atoms with Gasteiger partial charge in [0.15, 0.2) is 0 Å². The molecule has 0 unspecified atom stereocenters. The van der Waals surface area contributed by atoms with Crippen molar-refractivity contribution in [3.63, 3.8) is 0 Å². The van der Waals surface area contributed by atoms with E-state index in [0.29, 0.717) is 6.54 Å². The molecule has 13 heavy (non-hydrogen) atoms. The van der Waals surface area contributed by atoms with E-state index in [-0.39, 0.29) is 0 Å². The van der Waals surface area contributed by atoms with Gasteiger partial charge in [-0.25, -0.2) is 0 Å². The molecular formula is C11H14ClN. The zero-order valence-corrected chi connectivity index (χ0v) is 8.51. The van der Waals surface area contributed by atoms with Crippen LogP contribution in [0.2, 0.25) is 5.02 Å². The summed E-state index contributed by atoms with van der Waals surface area (Å²) in [7, 11) is 0. The number of hydrogen-bond donors (Lipinski definition) is 1. The molecule has 0 atom stereocenters. The van der Waals surface area contributed by atoms with E-state index in [1.54, 1.807) is 0 Å². The first kappa shape index (κ1) is 10.3. The summed E-state index contributed by atoms with van der Waals surface area (Å²) >= 11 is 5.97. The zero-order chi connectivity index (χ0) is 9.68. The van der Waals surface area contributed by atoms with E-state index in [1.807, 2.05) is 25.1 Å². The molecule has 0 radical (unpaired) electrons. The van der Waals surface area contributed by atoms with Crippen LogP contribution in [-0.4, -0.2) is 6.54 Å². The van der Waals surface area contributed by atoms with Crippen LogP contribution < -0.4 is 5.73 Å². The average molecular weight is 196 g/mol.